The molecule has 19 heavy (non-hydrogen) atoms. The topological polar surface area (TPSA) is 61.7 Å². The van der Waals surface area contributed by atoms with Gasteiger partial charge in [0.25, 0.3) is 0 Å². The Bertz CT molecular complexity index is 569. The van der Waals surface area contributed by atoms with Crippen molar-refractivity contribution in [1.82, 2.24) is 0 Å². The summed E-state index contributed by atoms with van der Waals surface area (Å²) < 4.78 is 5.26. The highest BCUT2D eigenvalue weighted by atomic mass is 16.5. The van der Waals surface area contributed by atoms with Crippen LogP contribution in [0.3, 0.4) is 0 Å². The Morgan fingerprint density at radius 2 is 1.84 bits per heavy atom. The summed E-state index contributed by atoms with van der Waals surface area (Å²) in [6, 6.07) is 11.9. The quantitative estimate of drug-likeness (QED) is 0.737. The van der Waals surface area contributed by atoms with Crippen molar-refractivity contribution in [3.05, 3.63) is 48.0 Å². The van der Waals surface area contributed by atoms with Gasteiger partial charge in [-0.2, -0.15) is 0 Å². The molecule has 2 aromatic rings. The van der Waals surface area contributed by atoms with Crippen LogP contribution in [0.25, 0.3) is 0 Å². The first-order chi connectivity index (χ1) is 9.11. The fraction of sp³-hybridized carbons (Fsp3) is 0.200. The molecule has 100 valence electrons. The first kappa shape index (κ1) is 13.1. The molecule has 0 amide bonds. The minimum Gasteiger partial charge on any atom is -0.508 e. The number of hydrogen-bond acceptors (Lipinski definition) is 4. The summed E-state index contributed by atoms with van der Waals surface area (Å²) in [4.78, 5) is 0. The molecule has 2 aromatic carbocycles. The smallest absolute Gasteiger partial charge is 0.141 e. The molecule has 0 radical (unpaired) electrons. The van der Waals surface area contributed by atoms with Gasteiger partial charge in [0.1, 0.15) is 17.2 Å². The Hall–Kier alpha value is -2.36. The molecule has 0 saturated carbocycles. The number of aromatic hydroxyl groups is 2. The van der Waals surface area contributed by atoms with E-state index in [0.29, 0.717) is 5.56 Å². The molecule has 0 aliphatic carbocycles. The zero-order valence-corrected chi connectivity index (χ0v) is 10.9. The fourth-order valence-electron chi connectivity index (χ4n) is 1.96. The predicted octanol–water partition coefficient (Wildman–Crippen LogP) is 3.28. The Balaban J connectivity index is 2.25. The van der Waals surface area contributed by atoms with Crippen molar-refractivity contribution in [3.63, 3.8) is 0 Å². The van der Waals surface area contributed by atoms with E-state index in [1.165, 1.54) is 12.1 Å². The van der Waals surface area contributed by atoms with Crippen LogP contribution in [0.5, 0.6) is 17.2 Å². The molecule has 1 atom stereocenters. The third-order valence-corrected chi connectivity index (χ3v) is 2.96. The molecule has 0 bridgehead atoms. The van der Waals surface area contributed by atoms with Gasteiger partial charge >= 0.3 is 0 Å². The van der Waals surface area contributed by atoms with E-state index in [9.17, 15) is 10.2 Å². The van der Waals surface area contributed by atoms with Crippen LogP contribution in [0.4, 0.5) is 5.69 Å². The van der Waals surface area contributed by atoms with Gasteiger partial charge in [0, 0.05) is 5.56 Å². The monoisotopic (exact) mass is 259 g/mol. The maximum atomic E-state index is 9.83. The second-order valence-electron chi connectivity index (χ2n) is 4.31. The summed E-state index contributed by atoms with van der Waals surface area (Å²) >= 11 is 0. The molecular weight excluding hydrogens is 242 g/mol. The molecule has 4 heteroatoms. The van der Waals surface area contributed by atoms with Crippen molar-refractivity contribution in [2.45, 2.75) is 13.0 Å². The second kappa shape index (κ2) is 5.52. The lowest BCUT2D eigenvalue weighted by atomic mass is 10.1. The number of para-hydroxylation sites is 2. The second-order valence-corrected chi connectivity index (χ2v) is 4.31. The summed E-state index contributed by atoms with van der Waals surface area (Å²) in [5, 5.41) is 22.6. The van der Waals surface area contributed by atoms with Crippen molar-refractivity contribution in [2.75, 3.05) is 12.4 Å². The highest BCUT2D eigenvalue weighted by Crippen LogP contribution is 2.32. The summed E-state index contributed by atoms with van der Waals surface area (Å²) in [5.74, 6) is 1.00. The molecule has 0 spiro atoms. The van der Waals surface area contributed by atoms with E-state index in [2.05, 4.69) is 5.32 Å². The number of benzene rings is 2. The van der Waals surface area contributed by atoms with E-state index in [0.717, 1.165) is 11.4 Å². The molecule has 3 N–H and O–H groups in total. The molecule has 0 aliphatic rings. The fourth-order valence-corrected chi connectivity index (χ4v) is 1.96. The van der Waals surface area contributed by atoms with Crippen LogP contribution >= 0.6 is 0 Å². The number of hydrogen-bond donors (Lipinski definition) is 3. The van der Waals surface area contributed by atoms with Gasteiger partial charge in [0.2, 0.25) is 0 Å². The number of phenols is 2. The van der Waals surface area contributed by atoms with Crippen LogP contribution in [-0.4, -0.2) is 17.3 Å². The Labute approximate surface area is 112 Å². The molecule has 0 aromatic heterocycles. The molecule has 0 heterocycles. The van der Waals surface area contributed by atoms with Gasteiger partial charge in [0.15, 0.2) is 0 Å². The van der Waals surface area contributed by atoms with Gasteiger partial charge in [-0.15, -0.1) is 0 Å². The predicted molar refractivity (Wildman–Crippen MR) is 74.8 cm³/mol. The Morgan fingerprint density at radius 3 is 2.58 bits per heavy atom. The van der Waals surface area contributed by atoms with Crippen LogP contribution in [0.15, 0.2) is 42.5 Å². The highest BCUT2D eigenvalue weighted by molar-refractivity contribution is 5.58. The lowest BCUT2D eigenvalue weighted by molar-refractivity contribution is 0.416. The van der Waals surface area contributed by atoms with E-state index < -0.39 is 0 Å². The van der Waals surface area contributed by atoms with Crippen LogP contribution < -0.4 is 10.1 Å². The van der Waals surface area contributed by atoms with Gasteiger partial charge in [0.05, 0.1) is 18.8 Å². The van der Waals surface area contributed by atoms with Crippen molar-refractivity contribution < 1.29 is 14.9 Å². The number of ether oxygens (including phenoxy) is 1. The standard InChI is InChI=1S/C15H17NO3/c1-10(12-9-11(17)7-8-14(12)18)16-13-5-3-4-6-15(13)19-2/h3-10,16-18H,1-2H3. The molecule has 0 fully saturated rings. The van der Waals surface area contributed by atoms with Gasteiger partial charge < -0.3 is 20.3 Å². The molecular formula is C15H17NO3. The van der Waals surface area contributed by atoms with Gasteiger partial charge in [-0.1, -0.05) is 12.1 Å². The lowest BCUT2D eigenvalue weighted by Crippen LogP contribution is -2.07. The third-order valence-electron chi connectivity index (χ3n) is 2.96. The summed E-state index contributed by atoms with van der Waals surface area (Å²) in [5.41, 5.74) is 1.46. The number of rotatable bonds is 4. The Morgan fingerprint density at radius 1 is 1.11 bits per heavy atom. The highest BCUT2D eigenvalue weighted by Gasteiger charge is 2.12. The molecule has 1 unspecified atom stereocenters. The van der Waals surface area contributed by atoms with Crippen molar-refractivity contribution in [3.8, 4) is 17.2 Å². The van der Waals surface area contributed by atoms with Gasteiger partial charge in [-0.25, -0.2) is 0 Å². The van der Waals surface area contributed by atoms with E-state index in [-0.39, 0.29) is 17.5 Å². The van der Waals surface area contributed by atoms with Gasteiger partial charge in [-0.3, -0.25) is 0 Å². The SMILES string of the molecule is COc1ccccc1NC(C)c1cc(O)ccc1O. The van der Waals surface area contributed by atoms with Crippen molar-refractivity contribution >= 4 is 5.69 Å². The van der Waals surface area contributed by atoms with Gasteiger partial charge in [-0.05, 0) is 37.3 Å². The summed E-state index contributed by atoms with van der Waals surface area (Å²) in [6.07, 6.45) is 0. The van der Waals surface area contributed by atoms with Crippen LogP contribution in [0.1, 0.15) is 18.5 Å². The zero-order valence-electron chi connectivity index (χ0n) is 10.9. The maximum absolute atomic E-state index is 9.83. The number of methoxy groups -OCH3 is 1. The number of anilines is 1. The van der Waals surface area contributed by atoms with E-state index in [1.807, 2.05) is 31.2 Å². The van der Waals surface area contributed by atoms with Crippen molar-refractivity contribution in [1.29, 1.82) is 0 Å². The molecule has 0 aliphatic heterocycles. The van der Waals surface area contributed by atoms with Crippen LogP contribution in [0, 0.1) is 0 Å². The number of nitrogens with one attached hydrogen (secondary N) is 1. The van der Waals surface area contributed by atoms with E-state index in [4.69, 9.17) is 4.74 Å². The summed E-state index contributed by atoms with van der Waals surface area (Å²) in [7, 11) is 1.61. The average molecular weight is 259 g/mol. The van der Waals surface area contributed by atoms with Crippen molar-refractivity contribution in [2.24, 2.45) is 0 Å². The molecule has 4 nitrogen and oxygen atoms in total. The largest absolute Gasteiger partial charge is 0.508 e. The lowest BCUT2D eigenvalue weighted by Gasteiger charge is -2.18. The van der Waals surface area contributed by atoms with Crippen LogP contribution in [0.2, 0.25) is 0 Å². The molecule has 2 rings (SSSR count). The first-order valence-electron chi connectivity index (χ1n) is 6.03. The average Bonchev–Trinajstić information content (AvgIpc) is 2.42. The minimum atomic E-state index is -0.164. The maximum Gasteiger partial charge on any atom is 0.141 e. The summed E-state index contributed by atoms with van der Waals surface area (Å²) in [6.45, 7) is 1.90. The first-order valence-corrected chi connectivity index (χ1v) is 6.03. The molecule has 0 saturated heterocycles. The van der Waals surface area contributed by atoms with E-state index in [1.54, 1.807) is 13.2 Å². The third kappa shape index (κ3) is 2.91. The number of phenolic OH excluding ortho intramolecular Hbond substituents is 2. The van der Waals surface area contributed by atoms with E-state index >= 15 is 0 Å². The minimum absolute atomic E-state index is 0.126. The normalized spacial score (nSPS) is 11.9. The van der Waals surface area contributed by atoms with Crippen LogP contribution in [-0.2, 0) is 0 Å². The Kier molecular flexibility index (Phi) is 3.80. The zero-order chi connectivity index (χ0) is 13.8.